The lowest BCUT2D eigenvalue weighted by Crippen LogP contribution is -2.19. The van der Waals surface area contributed by atoms with Gasteiger partial charge in [-0.1, -0.05) is 59.8 Å². The van der Waals surface area contributed by atoms with E-state index in [1.165, 1.54) is 28.6 Å². The molecule has 150 valence electrons. The number of benzene rings is 2. The molecule has 0 unspecified atom stereocenters. The quantitative estimate of drug-likeness (QED) is 0.313. The number of rotatable bonds is 5. The summed E-state index contributed by atoms with van der Waals surface area (Å²) in [6.45, 7) is 2.04. The van der Waals surface area contributed by atoms with Gasteiger partial charge >= 0.3 is 0 Å². The van der Waals surface area contributed by atoms with Crippen molar-refractivity contribution in [2.75, 3.05) is 5.32 Å². The SMILES string of the molecule is Cc1ccc(NC(=O)[C@H](Sc2ncnc3sc4c(c23)CCC4)c2ccccc2)cc1. The Morgan fingerprint density at radius 2 is 1.87 bits per heavy atom. The summed E-state index contributed by atoms with van der Waals surface area (Å²) in [6, 6.07) is 17.8. The monoisotopic (exact) mass is 431 g/mol. The van der Waals surface area contributed by atoms with Crippen LogP contribution in [0.15, 0.2) is 66.0 Å². The predicted octanol–water partition coefficient (Wildman–Crippen LogP) is 5.96. The fourth-order valence-electron chi connectivity index (χ4n) is 3.85. The van der Waals surface area contributed by atoms with E-state index >= 15 is 0 Å². The van der Waals surface area contributed by atoms with Gasteiger partial charge in [0, 0.05) is 16.0 Å². The number of carbonyl (C=O) groups excluding carboxylic acids is 1. The summed E-state index contributed by atoms with van der Waals surface area (Å²) < 4.78 is 0. The highest BCUT2D eigenvalue weighted by Gasteiger charge is 2.27. The standard InChI is InChI=1S/C24H21N3OS2/c1-15-10-12-17(13-11-15)27-22(28)21(16-6-3-2-4-7-16)30-24-20-18-8-5-9-19(18)29-23(20)25-14-26-24/h2-4,6-7,10-14,21H,5,8-9H2,1H3,(H,27,28)/t21-/m1/s1. The van der Waals surface area contributed by atoms with E-state index in [9.17, 15) is 4.79 Å². The molecule has 1 N–H and O–H groups in total. The molecule has 30 heavy (non-hydrogen) atoms. The fraction of sp³-hybridized carbons (Fsp3) is 0.208. The first-order valence-electron chi connectivity index (χ1n) is 10.0. The summed E-state index contributed by atoms with van der Waals surface area (Å²) in [5.74, 6) is -0.0475. The number of amides is 1. The third-order valence-corrected chi connectivity index (χ3v) is 7.81. The van der Waals surface area contributed by atoms with Gasteiger partial charge < -0.3 is 5.32 Å². The molecule has 4 nitrogen and oxygen atoms in total. The summed E-state index contributed by atoms with van der Waals surface area (Å²) in [7, 11) is 0. The van der Waals surface area contributed by atoms with Gasteiger partial charge in [-0.2, -0.15) is 0 Å². The Labute approximate surface area is 183 Å². The second-order valence-electron chi connectivity index (χ2n) is 7.48. The van der Waals surface area contributed by atoms with Gasteiger partial charge in [0.15, 0.2) is 0 Å². The molecule has 2 aromatic carbocycles. The Kier molecular flexibility index (Phi) is 5.27. The zero-order valence-electron chi connectivity index (χ0n) is 16.6. The van der Waals surface area contributed by atoms with Crippen molar-refractivity contribution in [1.82, 2.24) is 9.97 Å². The van der Waals surface area contributed by atoms with Gasteiger partial charge in [-0.3, -0.25) is 4.79 Å². The molecule has 2 aromatic heterocycles. The van der Waals surface area contributed by atoms with Crippen LogP contribution < -0.4 is 5.32 Å². The topological polar surface area (TPSA) is 54.9 Å². The van der Waals surface area contributed by atoms with Crippen LogP contribution in [-0.2, 0) is 17.6 Å². The third kappa shape index (κ3) is 3.73. The van der Waals surface area contributed by atoms with Crippen LogP contribution >= 0.6 is 23.1 Å². The van der Waals surface area contributed by atoms with Gasteiger partial charge in [0.2, 0.25) is 5.91 Å². The number of nitrogens with one attached hydrogen (secondary N) is 1. The molecule has 0 saturated heterocycles. The van der Waals surface area contributed by atoms with Crippen molar-refractivity contribution < 1.29 is 4.79 Å². The van der Waals surface area contributed by atoms with Gasteiger partial charge in [-0.25, -0.2) is 9.97 Å². The lowest BCUT2D eigenvalue weighted by Gasteiger charge is -2.17. The maximum Gasteiger partial charge on any atom is 0.242 e. The van der Waals surface area contributed by atoms with Crippen LogP contribution in [0.2, 0.25) is 0 Å². The van der Waals surface area contributed by atoms with Crippen LogP contribution in [0.5, 0.6) is 0 Å². The molecule has 4 aromatic rings. The van der Waals surface area contributed by atoms with E-state index < -0.39 is 5.25 Å². The molecule has 0 spiro atoms. The summed E-state index contributed by atoms with van der Waals surface area (Å²) in [5, 5.41) is 4.72. The average molecular weight is 432 g/mol. The van der Waals surface area contributed by atoms with Crippen molar-refractivity contribution in [3.05, 3.63) is 82.5 Å². The molecule has 0 fully saturated rings. The molecule has 2 heterocycles. The minimum atomic E-state index is -0.400. The first-order chi connectivity index (χ1) is 14.7. The Morgan fingerprint density at radius 3 is 2.67 bits per heavy atom. The second kappa shape index (κ2) is 8.20. The maximum atomic E-state index is 13.3. The summed E-state index contributed by atoms with van der Waals surface area (Å²) in [6.07, 6.45) is 5.00. The zero-order valence-corrected chi connectivity index (χ0v) is 18.2. The largest absolute Gasteiger partial charge is 0.325 e. The van der Waals surface area contributed by atoms with E-state index in [4.69, 9.17) is 0 Å². The normalized spacial score (nSPS) is 13.9. The van der Waals surface area contributed by atoms with Crippen LogP contribution in [0.3, 0.4) is 0 Å². The minimum absolute atomic E-state index is 0.0475. The Hall–Kier alpha value is -2.70. The van der Waals surface area contributed by atoms with Gasteiger partial charge in [0.05, 0.1) is 0 Å². The van der Waals surface area contributed by atoms with Crippen molar-refractivity contribution in [3.63, 3.8) is 0 Å². The van der Waals surface area contributed by atoms with Gasteiger partial charge in [-0.05, 0) is 49.4 Å². The van der Waals surface area contributed by atoms with E-state index in [-0.39, 0.29) is 5.91 Å². The van der Waals surface area contributed by atoms with Crippen LogP contribution in [0, 0.1) is 6.92 Å². The Balaban J connectivity index is 1.51. The molecular weight excluding hydrogens is 410 g/mol. The number of hydrogen-bond acceptors (Lipinski definition) is 5. The number of thiophene rings is 1. The minimum Gasteiger partial charge on any atom is -0.325 e. The number of carbonyl (C=O) groups is 1. The van der Waals surface area contributed by atoms with Gasteiger partial charge in [0.25, 0.3) is 0 Å². The number of aryl methyl sites for hydroxylation is 3. The lowest BCUT2D eigenvalue weighted by atomic mass is 10.1. The Bertz CT molecular complexity index is 1200. The predicted molar refractivity (Wildman–Crippen MR) is 124 cm³/mol. The molecule has 0 saturated carbocycles. The molecule has 1 aliphatic rings. The maximum absolute atomic E-state index is 13.3. The number of fused-ring (bicyclic) bond motifs is 3. The average Bonchev–Trinajstić information content (AvgIpc) is 3.35. The van der Waals surface area contributed by atoms with Crippen molar-refractivity contribution >= 4 is 44.9 Å². The number of nitrogens with zero attached hydrogens (tertiary/aromatic N) is 2. The van der Waals surface area contributed by atoms with Crippen molar-refractivity contribution in [2.45, 2.75) is 36.5 Å². The first-order valence-corrected chi connectivity index (χ1v) is 11.7. The van der Waals surface area contributed by atoms with Crippen molar-refractivity contribution in [1.29, 1.82) is 0 Å². The van der Waals surface area contributed by atoms with Crippen LogP contribution in [0.1, 0.15) is 33.2 Å². The number of hydrogen-bond donors (Lipinski definition) is 1. The molecule has 1 atom stereocenters. The molecule has 0 radical (unpaired) electrons. The molecule has 0 bridgehead atoms. The number of thioether (sulfide) groups is 1. The van der Waals surface area contributed by atoms with Crippen LogP contribution in [0.4, 0.5) is 5.69 Å². The summed E-state index contributed by atoms with van der Waals surface area (Å²) in [5.41, 5.74) is 4.31. The molecule has 5 rings (SSSR count). The highest BCUT2D eigenvalue weighted by atomic mass is 32.2. The lowest BCUT2D eigenvalue weighted by molar-refractivity contribution is -0.115. The van der Waals surface area contributed by atoms with Crippen LogP contribution in [0.25, 0.3) is 10.2 Å². The van der Waals surface area contributed by atoms with E-state index in [0.29, 0.717) is 0 Å². The highest BCUT2D eigenvalue weighted by Crippen LogP contribution is 2.44. The van der Waals surface area contributed by atoms with Crippen molar-refractivity contribution in [3.8, 4) is 0 Å². The first kappa shape index (κ1) is 19.3. The third-order valence-electron chi connectivity index (χ3n) is 5.36. The molecule has 6 heteroatoms. The molecule has 1 aliphatic carbocycles. The van der Waals surface area contributed by atoms with Crippen LogP contribution in [-0.4, -0.2) is 15.9 Å². The highest BCUT2D eigenvalue weighted by molar-refractivity contribution is 8.00. The van der Waals surface area contributed by atoms with E-state index in [1.54, 1.807) is 17.7 Å². The number of aromatic nitrogens is 2. The molecule has 0 aliphatic heterocycles. The Morgan fingerprint density at radius 1 is 1.07 bits per heavy atom. The van der Waals surface area contributed by atoms with Crippen molar-refractivity contribution in [2.24, 2.45) is 0 Å². The van der Waals surface area contributed by atoms with Gasteiger partial charge in [0.1, 0.15) is 21.4 Å². The fourth-order valence-corrected chi connectivity index (χ4v) is 6.27. The van der Waals surface area contributed by atoms with E-state index in [0.717, 1.165) is 44.9 Å². The molecule has 1 amide bonds. The number of anilines is 1. The summed E-state index contributed by atoms with van der Waals surface area (Å²) in [4.78, 5) is 24.9. The van der Waals surface area contributed by atoms with Gasteiger partial charge in [-0.15, -0.1) is 11.3 Å². The van der Waals surface area contributed by atoms with E-state index in [2.05, 4.69) is 15.3 Å². The molecular formula is C24H21N3OS2. The zero-order chi connectivity index (χ0) is 20.5. The smallest absolute Gasteiger partial charge is 0.242 e. The summed E-state index contributed by atoms with van der Waals surface area (Å²) >= 11 is 3.29. The van der Waals surface area contributed by atoms with E-state index in [1.807, 2.05) is 61.5 Å². The second-order valence-corrected chi connectivity index (χ2v) is 9.66.